The molecule has 0 amide bonds. The summed E-state index contributed by atoms with van der Waals surface area (Å²) in [6.07, 6.45) is 3.22. The van der Waals surface area contributed by atoms with Crippen LogP contribution in [0.25, 0.3) is 11.1 Å². The highest BCUT2D eigenvalue weighted by Crippen LogP contribution is 2.29. The minimum Gasteiger partial charge on any atom is -0.490 e. The van der Waals surface area contributed by atoms with Crippen molar-refractivity contribution in [2.75, 3.05) is 0 Å². The zero-order valence-electron chi connectivity index (χ0n) is 10.3. The fourth-order valence-corrected chi connectivity index (χ4v) is 1.93. The van der Waals surface area contributed by atoms with Crippen LogP contribution in [-0.2, 0) is 0 Å². The Kier molecular flexibility index (Phi) is 3.03. The number of carbonyl (C=O) groups is 1. The van der Waals surface area contributed by atoms with Gasteiger partial charge in [0.15, 0.2) is 0 Å². The molecule has 1 aliphatic rings. The lowest BCUT2D eigenvalue weighted by molar-refractivity contribution is 0.112. The van der Waals surface area contributed by atoms with Gasteiger partial charge in [0.25, 0.3) is 0 Å². The number of aldehydes is 1. The number of ether oxygens (including phenoxy) is 1. The molecule has 0 aliphatic heterocycles. The van der Waals surface area contributed by atoms with E-state index in [9.17, 15) is 9.18 Å². The van der Waals surface area contributed by atoms with Crippen molar-refractivity contribution in [3.8, 4) is 16.9 Å². The van der Waals surface area contributed by atoms with Crippen molar-refractivity contribution in [1.82, 2.24) is 0 Å². The number of hydrogen-bond donors (Lipinski definition) is 0. The zero-order valence-corrected chi connectivity index (χ0v) is 10.3. The highest BCUT2D eigenvalue weighted by atomic mass is 19.1. The fourth-order valence-electron chi connectivity index (χ4n) is 1.93. The van der Waals surface area contributed by atoms with E-state index < -0.39 is 0 Å². The maximum absolute atomic E-state index is 13.9. The first kappa shape index (κ1) is 11.9. The quantitative estimate of drug-likeness (QED) is 0.777. The summed E-state index contributed by atoms with van der Waals surface area (Å²) in [5.74, 6) is 0.427. The van der Waals surface area contributed by atoms with Crippen LogP contribution >= 0.6 is 0 Å². The van der Waals surface area contributed by atoms with E-state index in [0.29, 0.717) is 23.5 Å². The molecule has 1 fully saturated rings. The van der Waals surface area contributed by atoms with Gasteiger partial charge in [-0.15, -0.1) is 0 Å². The summed E-state index contributed by atoms with van der Waals surface area (Å²) in [6.45, 7) is 0. The van der Waals surface area contributed by atoms with Gasteiger partial charge in [-0.2, -0.15) is 0 Å². The number of halogens is 1. The molecule has 1 saturated carbocycles. The summed E-state index contributed by atoms with van der Waals surface area (Å²) in [6, 6.07) is 11.8. The van der Waals surface area contributed by atoms with Crippen LogP contribution in [0, 0.1) is 5.82 Å². The van der Waals surface area contributed by atoms with E-state index in [1.165, 1.54) is 6.07 Å². The Morgan fingerprint density at radius 1 is 1.11 bits per heavy atom. The van der Waals surface area contributed by atoms with Crippen molar-refractivity contribution >= 4 is 6.29 Å². The van der Waals surface area contributed by atoms with Gasteiger partial charge in [0, 0.05) is 11.1 Å². The molecule has 2 nitrogen and oxygen atoms in total. The average molecular weight is 256 g/mol. The van der Waals surface area contributed by atoms with Crippen molar-refractivity contribution in [2.45, 2.75) is 18.9 Å². The van der Waals surface area contributed by atoms with Gasteiger partial charge in [0.1, 0.15) is 17.9 Å². The molecule has 19 heavy (non-hydrogen) atoms. The van der Waals surface area contributed by atoms with E-state index in [4.69, 9.17) is 4.74 Å². The Bertz CT molecular complexity index is 601. The van der Waals surface area contributed by atoms with Crippen LogP contribution in [0.5, 0.6) is 5.75 Å². The van der Waals surface area contributed by atoms with Crippen LogP contribution in [0.15, 0.2) is 42.5 Å². The molecule has 0 unspecified atom stereocenters. The van der Waals surface area contributed by atoms with Crippen LogP contribution in [0.4, 0.5) is 4.39 Å². The lowest BCUT2D eigenvalue weighted by atomic mass is 10.0. The molecule has 0 saturated heterocycles. The predicted octanol–water partition coefficient (Wildman–Crippen LogP) is 3.85. The summed E-state index contributed by atoms with van der Waals surface area (Å²) < 4.78 is 19.5. The summed E-state index contributed by atoms with van der Waals surface area (Å²) in [4.78, 5) is 10.6. The zero-order chi connectivity index (χ0) is 13.2. The summed E-state index contributed by atoms with van der Waals surface area (Å²) in [7, 11) is 0. The number of carbonyl (C=O) groups excluding carboxylic acids is 1. The predicted molar refractivity (Wildman–Crippen MR) is 70.9 cm³/mol. The molecule has 0 heterocycles. The van der Waals surface area contributed by atoms with Crippen molar-refractivity contribution < 1.29 is 13.9 Å². The third-order valence-corrected chi connectivity index (χ3v) is 3.12. The molecule has 3 rings (SSSR count). The van der Waals surface area contributed by atoms with Crippen LogP contribution in [0.2, 0.25) is 0 Å². The number of benzene rings is 2. The van der Waals surface area contributed by atoms with Gasteiger partial charge in [-0.25, -0.2) is 4.39 Å². The second kappa shape index (κ2) is 4.84. The molecular formula is C16H13FO2. The van der Waals surface area contributed by atoms with Crippen LogP contribution in [-0.4, -0.2) is 12.4 Å². The smallest absolute Gasteiger partial charge is 0.150 e. The first-order valence-corrected chi connectivity index (χ1v) is 6.28. The van der Waals surface area contributed by atoms with Crippen molar-refractivity contribution in [2.24, 2.45) is 0 Å². The molecule has 0 spiro atoms. The topological polar surface area (TPSA) is 26.3 Å². The molecule has 0 radical (unpaired) electrons. The largest absolute Gasteiger partial charge is 0.490 e. The molecular weight excluding hydrogens is 243 g/mol. The Hall–Kier alpha value is -2.16. The SMILES string of the molecule is O=Cc1ccc(-c2ccc(OC3CC3)cc2)c(F)c1. The fraction of sp³-hybridized carbons (Fsp3) is 0.188. The van der Waals surface area contributed by atoms with Crippen molar-refractivity contribution in [1.29, 1.82) is 0 Å². The summed E-state index contributed by atoms with van der Waals surface area (Å²) >= 11 is 0. The Balaban J connectivity index is 1.86. The third kappa shape index (κ3) is 2.65. The summed E-state index contributed by atoms with van der Waals surface area (Å²) in [5, 5.41) is 0. The van der Waals surface area contributed by atoms with Gasteiger partial charge in [-0.3, -0.25) is 4.79 Å². The average Bonchev–Trinajstić information content (AvgIpc) is 3.24. The van der Waals surface area contributed by atoms with Crippen LogP contribution in [0.3, 0.4) is 0 Å². The lowest BCUT2D eigenvalue weighted by Gasteiger charge is -2.07. The lowest BCUT2D eigenvalue weighted by Crippen LogP contribution is -1.95. The first-order valence-electron chi connectivity index (χ1n) is 6.28. The number of hydrogen-bond acceptors (Lipinski definition) is 2. The van der Waals surface area contributed by atoms with Crippen LogP contribution < -0.4 is 4.74 Å². The minimum atomic E-state index is -0.388. The van der Waals surface area contributed by atoms with Crippen LogP contribution in [0.1, 0.15) is 23.2 Å². The van der Waals surface area contributed by atoms with E-state index in [-0.39, 0.29) is 5.82 Å². The normalized spacial score (nSPS) is 14.2. The second-order valence-electron chi connectivity index (χ2n) is 4.70. The van der Waals surface area contributed by atoms with Crippen molar-refractivity contribution in [3.63, 3.8) is 0 Å². The van der Waals surface area contributed by atoms with E-state index in [0.717, 1.165) is 24.2 Å². The molecule has 0 aromatic heterocycles. The Morgan fingerprint density at radius 3 is 2.42 bits per heavy atom. The monoisotopic (exact) mass is 256 g/mol. The van der Waals surface area contributed by atoms with Gasteiger partial charge in [0.2, 0.25) is 0 Å². The van der Waals surface area contributed by atoms with Gasteiger partial charge in [-0.1, -0.05) is 24.3 Å². The molecule has 2 aromatic rings. The third-order valence-electron chi connectivity index (χ3n) is 3.12. The first-order chi connectivity index (χ1) is 9.26. The Morgan fingerprint density at radius 2 is 1.84 bits per heavy atom. The second-order valence-corrected chi connectivity index (χ2v) is 4.70. The van der Waals surface area contributed by atoms with Gasteiger partial charge in [-0.05, 0) is 36.6 Å². The maximum atomic E-state index is 13.9. The Labute approximate surface area is 110 Å². The molecule has 0 atom stereocenters. The van der Waals surface area contributed by atoms with Gasteiger partial charge in [0.05, 0.1) is 6.10 Å². The molecule has 3 heteroatoms. The minimum absolute atomic E-state index is 0.343. The highest BCUT2D eigenvalue weighted by molar-refractivity contribution is 5.77. The van der Waals surface area contributed by atoms with Gasteiger partial charge >= 0.3 is 0 Å². The van der Waals surface area contributed by atoms with Crippen molar-refractivity contribution in [3.05, 3.63) is 53.8 Å². The highest BCUT2D eigenvalue weighted by Gasteiger charge is 2.23. The summed E-state index contributed by atoms with van der Waals surface area (Å²) in [5.41, 5.74) is 1.61. The van der Waals surface area contributed by atoms with E-state index >= 15 is 0 Å². The standard InChI is InChI=1S/C16H13FO2/c17-16-9-11(10-18)1-8-15(16)12-2-4-13(5-3-12)19-14-6-7-14/h1-5,8-10,14H,6-7H2. The molecule has 1 aliphatic carbocycles. The van der Waals surface area contributed by atoms with E-state index in [1.54, 1.807) is 12.1 Å². The maximum Gasteiger partial charge on any atom is 0.150 e. The molecule has 96 valence electrons. The van der Waals surface area contributed by atoms with E-state index in [1.807, 2.05) is 24.3 Å². The molecule has 0 bridgehead atoms. The van der Waals surface area contributed by atoms with E-state index in [2.05, 4.69) is 0 Å². The molecule has 2 aromatic carbocycles. The molecule has 0 N–H and O–H groups in total. The van der Waals surface area contributed by atoms with Gasteiger partial charge < -0.3 is 4.74 Å². The number of rotatable bonds is 4.